The first kappa shape index (κ1) is 11.8. The highest BCUT2D eigenvalue weighted by Crippen LogP contribution is 2.16. The van der Waals surface area contributed by atoms with Crippen molar-refractivity contribution in [2.45, 2.75) is 6.92 Å². The Morgan fingerprint density at radius 2 is 2.06 bits per heavy atom. The van der Waals surface area contributed by atoms with Crippen LogP contribution in [0.2, 0.25) is 0 Å². The van der Waals surface area contributed by atoms with Crippen molar-refractivity contribution in [1.29, 1.82) is 0 Å². The van der Waals surface area contributed by atoms with Crippen LogP contribution in [0.5, 0.6) is 0 Å². The summed E-state index contributed by atoms with van der Waals surface area (Å²) in [5.74, 6) is -0.463. The fraction of sp³-hybridized carbons (Fsp3) is 0.0909. The fourth-order valence-corrected chi connectivity index (χ4v) is 1.60. The Kier molecular flexibility index (Phi) is 2.80. The third-order valence-corrected chi connectivity index (χ3v) is 2.46. The Hall–Kier alpha value is -2.70. The Morgan fingerprint density at radius 1 is 1.33 bits per heavy atom. The zero-order valence-corrected chi connectivity index (χ0v) is 9.39. The van der Waals surface area contributed by atoms with E-state index >= 15 is 0 Å². The molecule has 18 heavy (non-hydrogen) atoms. The fourth-order valence-electron chi connectivity index (χ4n) is 1.60. The quantitative estimate of drug-likeness (QED) is 0.481. The number of nitrogens with zero attached hydrogens (tertiary/aromatic N) is 1. The molecule has 2 N–H and O–H groups in total. The maximum Gasteiger partial charge on any atom is 0.323 e. The molecule has 0 spiro atoms. The maximum absolute atomic E-state index is 12.0. The number of aromatic nitrogens is 2. The summed E-state index contributed by atoms with van der Waals surface area (Å²) in [6, 6.07) is 5.35. The van der Waals surface area contributed by atoms with E-state index in [1.165, 1.54) is 24.3 Å². The molecule has 1 aromatic heterocycles. The Bertz CT molecular complexity index is 684. The average molecular weight is 247 g/mol. The molecule has 0 saturated heterocycles. The van der Waals surface area contributed by atoms with Gasteiger partial charge in [0, 0.05) is 23.4 Å². The predicted octanol–water partition coefficient (Wildman–Crippen LogP) is 1.15. The van der Waals surface area contributed by atoms with Crippen molar-refractivity contribution in [2.75, 3.05) is 0 Å². The predicted molar refractivity (Wildman–Crippen MR) is 62.7 cm³/mol. The zero-order valence-electron chi connectivity index (χ0n) is 9.39. The number of benzene rings is 1. The molecule has 1 heterocycles. The molecule has 7 nitrogen and oxygen atoms in total. The van der Waals surface area contributed by atoms with E-state index in [0.29, 0.717) is 5.69 Å². The molecule has 0 unspecified atom stereocenters. The van der Waals surface area contributed by atoms with Gasteiger partial charge in [0.15, 0.2) is 0 Å². The van der Waals surface area contributed by atoms with Crippen molar-refractivity contribution < 1.29 is 9.72 Å². The number of nitro groups is 1. The number of rotatable bonds is 3. The Balaban J connectivity index is 2.46. The molecule has 0 bridgehead atoms. The average Bonchev–Trinajstić information content (AvgIpc) is 2.67. The minimum atomic E-state index is -0.580. The molecular weight excluding hydrogens is 238 g/mol. The lowest BCUT2D eigenvalue weighted by Gasteiger charge is -1.99. The van der Waals surface area contributed by atoms with E-state index in [4.69, 9.17) is 0 Å². The monoisotopic (exact) mass is 247 g/mol. The van der Waals surface area contributed by atoms with E-state index in [9.17, 15) is 19.7 Å². The zero-order chi connectivity index (χ0) is 13.3. The number of aromatic amines is 2. The van der Waals surface area contributed by atoms with Crippen LogP contribution in [0.1, 0.15) is 21.7 Å². The summed E-state index contributed by atoms with van der Waals surface area (Å²) in [7, 11) is 0. The van der Waals surface area contributed by atoms with Gasteiger partial charge in [0.1, 0.15) is 5.69 Å². The van der Waals surface area contributed by atoms with E-state index < -0.39 is 16.4 Å². The molecule has 2 aromatic rings. The number of nitrogens with one attached hydrogen (secondary N) is 2. The molecule has 0 saturated carbocycles. The van der Waals surface area contributed by atoms with Gasteiger partial charge in [-0.25, -0.2) is 4.79 Å². The first-order valence-corrected chi connectivity index (χ1v) is 5.07. The molecule has 92 valence electrons. The molecular formula is C11H9N3O4. The molecule has 7 heteroatoms. The van der Waals surface area contributed by atoms with E-state index in [1.54, 1.807) is 6.92 Å². The van der Waals surface area contributed by atoms with Gasteiger partial charge in [-0.2, -0.15) is 0 Å². The molecule has 0 amide bonds. The number of non-ortho nitro benzene ring substituents is 1. The molecule has 1 aromatic carbocycles. The lowest BCUT2D eigenvalue weighted by molar-refractivity contribution is -0.384. The molecule has 0 aliphatic heterocycles. The normalized spacial score (nSPS) is 10.3. The van der Waals surface area contributed by atoms with Crippen molar-refractivity contribution in [2.24, 2.45) is 0 Å². The van der Waals surface area contributed by atoms with E-state index in [0.717, 1.165) is 0 Å². The SMILES string of the molecule is Cc1[nH]c(=O)[nH]c1C(=O)c1cccc([N+](=O)[O-])c1. The van der Waals surface area contributed by atoms with E-state index in [2.05, 4.69) is 9.97 Å². The topological polar surface area (TPSA) is 109 Å². The van der Waals surface area contributed by atoms with Crippen LogP contribution >= 0.6 is 0 Å². The van der Waals surface area contributed by atoms with Gasteiger partial charge in [-0.1, -0.05) is 12.1 Å². The molecule has 0 radical (unpaired) electrons. The molecule has 0 atom stereocenters. The lowest BCUT2D eigenvalue weighted by atomic mass is 10.1. The summed E-state index contributed by atoms with van der Waals surface area (Å²) in [4.78, 5) is 37.9. The maximum atomic E-state index is 12.0. The van der Waals surface area contributed by atoms with Gasteiger partial charge in [-0.05, 0) is 6.92 Å². The summed E-state index contributed by atoms with van der Waals surface area (Å²) < 4.78 is 0. The highest BCUT2D eigenvalue weighted by molar-refractivity contribution is 6.08. The van der Waals surface area contributed by atoms with Gasteiger partial charge in [-0.15, -0.1) is 0 Å². The summed E-state index contributed by atoms with van der Waals surface area (Å²) in [5.41, 5.74) is 0.0113. The number of hydrogen-bond acceptors (Lipinski definition) is 4. The van der Waals surface area contributed by atoms with Crippen molar-refractivity contribution in [3.63, 3.8) is 0 Å². The highest BCUT2D eigenvalue weighted by Gasteiger charge is 2.17. The minimum absolute atomic E-state index is 0.112. The molecule has 0 aliphatic rings. The number of ketones is 1. The second kappa shape index (κ2) is 4.28. The van der Waals surface area contributed by atoms with Crippen LogP contribution in [0.3, 0.4) is 0 Å². The largest absolute Gasteiger partial charge is 0.323 e. The van der Waals surface area contributed by atoms with Crippen molar-refractivity contribution in [3.8, 4) is 0 Å². The summed E-state index contributed by atoms with van der Waals surface area (Å²) in [5, 5.41) is 10.6. The summed E-state index contributed by atoms with van der Waals surface area (Å²) in [6.45, 7) is 1.57. The smallest absolute Gasteiger partial charge is 0.310 e. The van der Waals surface area contributed by atoms with Gasteiger partial charge in [-0.3, -0.25) is 14.9 Å². The number of nitro benzene ring substituents is 1. The van der Waals surface area contributed by atoms with Crippen LogP contribution in [-0.2, 0) is 0 Å². The van der Waals surface area contributed by atoms with Gasteiger partial charge in [0.05, 0.1) is 4.92 Å². The number of H-pyrrole nitrogens is 2. The van der Waals surface area contributed by atoms with E-state index in [1.807, 2.05) is 0 Å². The van der Waals surface area contributed by atoms with Crippen molar-refractivity contribution >= 4 is 11.5 Å². The standard InChI is InChI=1S/C11H9N3O4/c1-6-9(13-11(16)12-6)10(15)7-3-2-4-8(5-7)14(17)18/h2-5H,1H3,(H2,12,13,16). The number of carbonyl (C=O) groups excluding carboxylic acids is 1. The van der Waals surface area contributed by atoms with Crippen LogP contribution < -0.4 is 5.69 Å². The molecule has 0 fully saturated rings. The van der Waals surface area contributed by atoms with E-state index in [-0.39, 0.29) is 16.9 Å². The first-order chi connectivity index (χ1) is 8.49. The number of imidazole rings is 1. The Morgan fingerprint density at radius 3 is 2.61 bits per heavy atom. The summed E-state index contributed by atoms with van der Waals surface area (Å²) >= 11 is 0. The molecule has 2 rings (SSSR count). The third kappa shape index (κ3) is 2.05. The van der Waals surface area contributed by atoms with Crippen LogP contribution in [0, 0.1) is 17.0 Å². The highest BCUT2D eigenvalue weighted by atomic mass is 16.6. The van der Waals surface area contributed by atoms with Gasteiger partial charge in [0.2, 0.25) is 5.78 Å². The lowest BCUT2D eigenvalue weighted by Crippen LogP contribution is -2.07. The number of carbonyl (C=O) groups is 1. The van der Waals surface area contributed by atoms with Gasteiger partial charge < -0.3 is 9.97 Å². The summed E-state index contributed by atoms with van der Waals surface area (Å²) in [6.07, 6.45) is 0. The number of hydrogen-bond donors (Lipinski definition) is 2. The van der Waals surface area contributed by atoms with Crippen LogP contribution in [0.4, 0.5) is 5.69 Å². The van der Waals surface area contributed by atoms with Crippen LogP contribution in [-0.4, -0.2) is 20.7 Å². The molecule has 0 aliphatic carbocycles. The second-order valence-electron chi connectivity index (χ2n) is 3.72. The number of aryl methyl sites for hydroxylation is 1. The van der Waals surface area contributed by atoms with Crippen molar-refractivity contribution in [1.82, 2.24) is 9.97 Å². The Labute approximate surface area is 101 Å². The van der Waals surface area contributed by atoms with Gasteiger partial charge in [0.25, 0.3) is 5.69 Å². The van der Waals surface area contributed by atoms with Gasteiger partial charge >= 0.3 is 5.69 Å². The first-order valence-electron chi connectivity index (χ1n) is 5.07. The van der Waals surface area contributed by atoms with Crippen LogP contribution in [0.15, 0.2) is 29.1 Å². The second-order valence-corrected chi connectivity index (χ2v) is 3.72. The van der Waals surface area contributed by atoms with Crippen LogP contribution in [0.25, 0.3) is 0 Å². The third-order valence-electron chi connectivity index (χ3n) is 2.46. The van der Waals surface area contributed by atoms with Crippen molar-refractivity contribution in [3.05, 3.63) is 61.8 Å². The minimum Gasteiger partial charge on any atom is -0.310 e.